The number of benzene rings is 1. The van der Waals surface area contributed by atoms with Gasteiger partial charge in [0.1, 0.15) is 5.82 Å². The highest BCUT2D eigenvalue weighted by Gasteiger charge is 2.21. The van der Waals surface area contributed by atoms with Gasteiger partial charge in [0, 0.05) is 25.8 Å². The number of hydrogen-bond acceptors (Lipinski definition) is 4. The average molecular weight is 353 g/mol. The smallest absolute Gasteiger partial charge is 0.255 e. The van der Waals surface area contributed by atoms with Crippen molar-refractivity contribution in [2.45, 2.75) is 32.8 Å². The number of amides is 1. The molecule has 1 aliphatic rings. The molecular weight excluding hydrogens is 326 g/mol. The van der Waals surface area contributed by atoms with E-state index in [1.54, 1.807) is 6.20 Å². The second kappa shape index (κ2) is 8.81. The maximum atomic E-state index is 12.5. The Balaban J connectivity index is 1.48. The number of aliphatic hydroxyl groups is 1. The molecule has 5 heteroatoms. The molecule has 0 atom stereocenters. The molecule has 26 heavy (non-hydrogen) atoms. The van der Waals surface area contributed by atoms with E-state index in [2.05, 4.69) is 17.2 Å². The fraction of sp³-hybridized carbons (Fsp3) is 0.429. The minimum atomic E-state index is 0.0734. The highest BCUT2D eigenvalue weighted by atomic mass is 16.3. The summed E-state index contributed by atoms with van der Waals surface area (Å²) in [6.45, 7) is 4.77. The third-order valence-electron chi connectivity index (χ3n) is 5.01. The number of hydrogen-bond donors (Lipinski definition) is 2. The normalized spacial score (nSPS) is 15.1. The molecule has 138 valence electrons. The highest BCUT2D eigenvalue weighted by Crippen LogP contribution is 2.18. The number of aliphatic hydroxyl groups excluding tert-OH is 1. The number of pyridine rings is 1. The van der Waals surface area contributed by atoms with Gasteiger partial charge in [0.15, 0.2) is 0 Å². The van der Waals surface area contributed by atoms with Crippen molar-refractivity contribution in [3.8, 4) is 0 Å². The van der Waals surface area contributed by atoms with E-state index in [1.165, 1.54) is 5.56 Å². The van der Waals surface area contributed by atoms with Crippen molar-refractivity contribution < 1.29 is 9.90 Å². The molecule has 1 fully saturated rings. The summed E-state index contributed by atoms with van der Waals surface area (Å²) in [5, 5.41) is 12.3. The number of nitrogens with one attached hydrogen (secondary N) is 1. The predicted octanol–water partition coefficient (Wildman–Crippen LogP) is 3.10. The number of piperidine rings is 1. The van der Waals surface area contributed by atoms with Crippen LogP contribution in [-0.4, -0.2) is 40.5 Å². The molecule has 0 saturated carbocycles. The summed E-state index contributed by atoms with van der Waals surface area (Å²) in [7, 11) is 0. The Bertz CT molecular complexity index is 705. The van der Waals surface area contributed by atoms with Gasteiger partial charge in [-0.3, -0.25) is 4.79 Å². The number of aromatic nitrogens is 1. The summed E-state index contributed by atoms with van der Waals surface area (Å²) in [4.78, 5) is 18.8. The van der Waals surface area contributed by atoms with Crippen LogP contribution in [0.25, 0.3) is 0 Å². The maximum Gasteiger partial charge on any atom is 0.255 e. The SMILES string of the molecule is CC1CCN(C(=O)c2ccc(NCCc3ccc(CO)cc3)nc2)CC1. The van der Waals surface area contributed by atoms with E-state index in [-0.39, 0.29) is 12.5 Å². The van der Waals surface area contributed by atoms with E-state index in [1.807, 2.05) is 41.3 Å². The summed E-state index contributed by atoms with van der Waals surface area (Å²) in [6.07, 6.45) is 4.70. The van der Waals surface area contributed by atoms with Crippen LogP contribution >= 0.6 is 0 Å². The van der Waals surface area contributed by atoms with Crippen molar-refractivity contribution in [1.82, 2.24) is 9.88 Å². The van der Waals surface area contributed by atoms with Gasteiger partial charge in [-0.05, 0) is 48.4 Å². The monoisotopic (exact) mass is 353 g/mol. The van der Waals surface area contributed by atoms with Gasteiger partial charge in [-0.15, -0.1) is 0 Å². The molecule has 3 rings (SSSR count). The molecule has 1 amide bonds. The Morgan fingerprint density at radius 2 is 1.85 bits per heavy atom. The molecule has 1 aromatic carbocycles. The Morgan fingerprint density at radius 1 is 1.15 bits per heavy atom. The van der Waals surface area contributed by atoms with Crippen LogP contribution < -0.4 is 5.32 Å². The predicted molar refractivity (Wildman–Crippen MR) is 103 cm³/mol. The van der Waals surface area contributed by atoms with E-state index in [4.69, 9.17) is 5.11 Å². The molecule has 1 saturated heterocycles. The summed E-state index contributed by atoms with van der Waals surface area (Å²) in [6, 6.07) is 11.7. The van der Waals surface area contributed by atoms with Gasteiger partial charge < -0.3 is 15.3 Å². The zero-order valence-electron chi connectivity index (χ0n) is 15.3. The quantitative estimate of drug-likeness (QED) is 0.837. The van der Waals surface area contributed by atoms with Crippen LogP contribution in [0.3, 0.4) is 0 Å². The molecule has 0 radical (unpaired) electrons. The second-order valence-corrected chi connectivity index (χ2v) is 7.06. The highest BCUT2D eigenvalue weighted by molar-refractivity contribution is 5.94. The molecule has 5 nitrogen and oxygen atoms in total. The van der Waals surface area contributed by atoms with Crippen LogP contribution in [0.2, 0.25) is 0 Å². The number of nitrogens with zero attached hydrogens (tertiary/aromatic N) is 2. The van der Waals surface area contributed by atoms with Gasteiger partial charge in [-0.1, -0.05) is 31.2 Å². The number of carbonyl (C=O) groups excluding carboxylic acids is 1. The number of rotatable bonds is 6. The lowest BCUT2D eigenvalue weighted by molar-refractivity contribution is 0.0697. The number of likely N-dealkylation sites (tertiary alicyclic amines) is 1. The van der Waals surface area contributed by atoms with Crippen LogP contribution in [0.1, 0.15) is 41.3 Å². The van der Waals surface area contributed by atoms with Crippen molar-refractivity contribution in [2.24, 2.45) is 5.92 Å². The van der Waals surface area contributed by atoms with E-state index in [9.17, 15) is 4.79 Å². The molecule has 0 spiro atoms. The van der Waals surface area contributed by atoms with E-state index < -0.39 is 0 Å². The minimum Gasteiger partial charge on any atom is -0.392 e. The van der Waals surface area contributed by atoms with Crippen LogP contribution in [0.5, 0.6) is 0 Å². The molecule has 1 aliphatic heterocycles. The minimum absolute atomic E-state index is 0.0734. The van der Waals surface area contributed by atoms with Crippen molar-refractivity contribution in [2.75, 3.05) is 25.0 Å². The van der Waals surface area contributed by atoms with E-state index in [0.717, 1.165) is 50.3 Å². The third-order valence-corrected chi connectivity index (χ3v) is 5.01. The maximum absolute atomic E-state index is 12.5. The molecule has 1 aromatic heterocycles. The zero-order chi connectivity index (χ0) is 18.4. The van der Waals surface area contributed by atoms with Crippen LogP contribution in [0, 0.1) is 5.92 Å². The molecule has 0 unspecified atom stereocenters. The molecule has 2 aromatic rings. The van der Waals surface area contributed by atoms with Crippen LogP contribution in [0.4, 0.5) is 5.82 Å². The molecule has 0 bridgehead atoms. The molecule has 0 aliphatic carbocycles. The average Bonchev–Trinajstić information content (AvgIpc) is 2.69. The molecule has 2 N–H and O–H groups in total. The first kappa shape index (κ1) is 18.4. The van der Waals surface area contributed by atoms with Crippen LogP contribution in [0.15, 0.2) is 42.6 Å². The Kier molecular flexibility index (Phi) is 6.23. The van der Waals surface area contributed by atoms with Crippen molar-refractivity contribution >= 4 is 11.7 Å². The number of carbonyl (C=O) groups is 1. The van der Waals surface area contributed by atoms with Crippen LogP contribution in [-0.2, 0) is 13.0 Å². The number of anilines is 1. The lowest BCUT2D eigenvalue weighted by Gasteiger charge is -2.30. The summed E-state index contributed by atoms with van der Waals surface area (Å²) in [5.41, 5.74) is 2.79. The topological polar surface area (TPSA) is 65.5 Å². The summed E-state index contributed by atoms with van der Waals surface area (Å²) >= 11 is 0. The second-order valence-electron chi connectivity index (χ2n) is 7.06. The van der Waals surface area contributed by atoms with Gasteiger partial charge in [0.25, 0.3) is 5.91 Å². The fourth-order valence-corrected chi connectivity index (χ4v) is 3.17. The van der Waals surface area contributed by atoms with Gasteiger partial charge in [-0.2, -0.15) is 0 Å². The lowest BCUT2D eigenvalue weighted by Crippen LogP contribution is -2.37. The standard InChI is InChI=1S/C21H27N3O2/c1-16-9-12-24(13-10-16)21(26)19-6-7-20(23-14-19)22-11-8-17-2-4-18(15-25)5-3-17/h2-7,14,16,25H,8-13,15H2,1H3,(H,22,23). The van der Waals surface area contributed by atoms with Crippen molar-refractivity contribution in [1.29, 1.82) is 0 Å². The molecular formula is C21H27N3O2. The first-order valence-corrected chi connectivity index (χ1v) is 9.33. The summed E-state index contributed by atoms with van der Waals surface area (Å²) < 4.78 is 0. The first-order chi connectivity index (χ1) is 12.7. The Labute approximate surface area is 155 Å². The van der Waals surface area contributed by atoms with Gasteiger partial charge in [0.05, 0.1) is 12.2 Å². The third kappa shape index (κ3) is 4.82. The fourth-order valence-electron chi connectivity index (χ4n) is 3.17. The van der Waals surface area contributed by atoms with Crippen molar-refractivity contribution in [3.63, 3.8) is 0 Å². The Hall–Kier alpha value is -2.40. The van der Waals surface area contributed by atoms with Gasteiger partial charge in [0.2, 0.25) is 0 Å². The zero-order valence-corrected chi connectivity index (χ0v) is 15.3. The largest absolute Gasteiger partial charge is 0.392 e. The first-order valence-electron chi connectivity index (χ1n) is 9.33. The molecule has 2 heterocycles. The van der Waals surface area contributed by atoms with Crippen molar-refractivity contribution in [3.05, 3.63) is 59.3 Å². The van der Waals surface area contributed by atoms with Gasteiger partial charge >= 0.3 is 0 Å². The lowest BCUT2D eigenvalue weighted by atomic mass is 9.99. The summed E-state index contributed by atoms with van der Waals surface area (Å²) in [5.74, 6) is 1.57. The Morgan fingerprint density at radius 3 is 2.46 bits per heavy atom. The van der Waals surface area contributed by atoms with Gasteiger partial charge in [-0.25, -0.2) is 4.98 Å². The van der Waals surface area contributed by atoms with E-state index >= 15 is 0 Å². The van der Waals surface area contributed by atoms with E-state index in [0.29, 0.717) is 11.5 Å².